The normalized spacial score (nSPS) is 18.9. The van der Waals surface area contributed by atoms with Crippen LogP contribution in [0.1, 0.15) is 50.5 Å². The average Bonchev–Trinajstić information content (AvgIpc) is 2.51. The number of nitrogens with zero attached hydrogens (tertiary/aromatic N) is 2. The standard InChI is InChI=1S/C20H27F3N2O3/c1-13-11-24(8-9-25(13)18(27)28-19(2,3)4)12-17(26)14-6-7-15(16(21)10-14)20(5,22)23/h6-7,10,13H,8-9,11-12H2,1-5H3/t13-/m1/s1. The number of hydrogen-bond donors (Lipinski definition) is 0. The second-order valence-electron chi connectivity index (χ2n) is 8.26. The lowest BCUT2D eigenvalue weighted by Crippen LogP contribution is -2.55. The molecule has 1 heterocycles. The fourth-order valence-electron chi connectivity index (χ4n) is 3.11. The highest BCUT2D eigenvalue weighted by Crippen LogP contribution is 2.29. The molecule has 0 saturated carbocycles. The van der Waals surface area contributed by atoms with E-state index in [1.54, 1.807) is 25.7 Å². The van der Waals surface area contributed by atoms with Crippen molar-refractivity contribution in [1.29, 1.82) is 0 Å². The van der Waals surface area contributed by atoms with Crippen molar-refractivity contribution in [3.05, 3.63) is 35.1 Å². The summed E-state index contributed by atoms with van der Waals surface area (Å²) in [6, 6.07) is 2.87. The minimum absolute atomic E-state index is 0.0216. The molecule has 1 aromatic carbocycles. The van der Waals surface area contributed by atoms with Crippen LogP contribution in [0.15, 0.2) is 18.2 Å². The molecule has 0 spiro atoms. The molecule has 156 valence electrons. The first kappa shape index (κ1) is 22.2. The Hall–Kier alpha value is -2.09. The average molecular weight is 400 g/mol. The molecule has 1 atom stereocenters. The lowest BCUT2D eigenvalue weighted by Gasteiger charge is -2.40. The van der Waals surface area contributed by atoms with E-state index in [4.69, 9.17) is 4.74 Å². The summed E-state index contributed by atoms with van der Waals surface area (Å²) < 4.78 is 45.9. The van der Waals surface area contributed by atoms with Crippen molar-refractivity contribution in [3.63, 3.8) is 0 Å². The fourth-order valence-corrected chi connectivity index (χ4v) is 3.11. The Labute approximate surface area is 163 Å². The Balaban J connectivity index is 1.98. The molecule has 5 nitrogen and oxygen atoms in total. The quantitative estimate of drug-likeness (QED) is 0.716. The number of halogens is 3. The van der Waals surface area contributed by atoms with E-state index in [1.165, 1.54) is 6.07 Å². The first-order valence-corrected chi connectivity index (χ1v) is 9.21. The zero-order valence-corrected chi connectivity index (χ0v) is 16.9. The van der Waals surface area contributed by atoms with Gasteiger partial charge in [-0.05, 0) is 39.8 Å². The van der Waals surface area contributed by atoms with Gasteiger partial charge < -0.3 is 9.64 Å². The number of carbonyl (C=O) groups is 2. The van der Waals surface area contributed by atoms with E-state index in [2.05, 4.69) is 0 Å². The van der Waals surface area contributed by atoms with E-state index >= 15 is 0 Å². The van der Waals surface area contributed by atoms with Crippen LogP contribution in [0.4, 0.5) is 18.0 Å². The maximum absolute atomic E-state index is 13.9. The number of rotatable bonds is 4. The zero-order valence-electron chi connectivity index (χ0n) is 16.9. The van der Waals surface area contributed by atoms with Crippen molar-refractivity contribution in [3.8, 4) is 0 Å². The van der Waals surface area contributed by atoms with Gasteiger partial charge in [-0.1, -0.05) is 6.07 Å². The van der Waals surface area contributed by atoms with Crippen LogP contribution in [0.2, 0.25) is 0 Å². The summed E-state index contributed by atoms with van der Waals surface area (Å²) in [7, 11) is 0. The SMILES string of the molecule is C[C@@H]1CN(CC(=O)c2ccc(C(C)(F)F)c(F)c2)CCN1C(=O)OC(C)(C)C. The summed E-state index contributed by atoms with van der Waals surface area (Å²) >= 11 is 0. The van der Waals surface area contributed by atoms with Gasteiger partial charge in [-0.15, -0.1) is 0 Å². The van der Waals surface area contributed by atoms with E-state index in [9.17, 15) is 22.8 Å². The molecule has 1 aliphatic heterocycles. The predicted molar refractivity (Wildman–Crippen MR) is 99.1 cm³/mol. The number of amides is 1. The first-order chi connectivity index (χ1) is 12.8. The number of ketones is 1. The molecule has 0 N–H and O–H groups in total. The number of carbonyl (C=O) groups excluding carboxylic acids is 2. The lowest BCUT2D eigenvalue weighted by atomic mass is 10.0. The predicted octanol–water partition coefficient (Wildman–Crippen LogP) is 4.06. The number of Topliss-reactive ketones (excluding diaryl/α,β-unsaturated/α-hetero) is 1. The zero-order chi connectivity index (χ0) is 21.3. The molecule has 0 unspecified atom stereocenters. The van der Waals surface area contributed by atoms with Gasteiger partial charge >= 0.3 is 6.09 Å². The molecule has 28 heavy (non-hydrogen) atoms. The van der Waals surface area contributed by atoms with E-state index in [-0.39, 0.29) is 23.9 Å². The van der Waals surface area contributed by atoms with E-state index < -0.39 is 29.0 Å². The summed E-state index contributed by atoms with van der Waals surface area (Å²) in [5.74, 6) is -4.76. The van der Waals surface area contributed by atoms with Crippen LogP contribution in [0.5, 0.6) is 0 Å². The van der Waals surface area contributed by atoms with Gasteiger partial charge in [0, 0.05) is 38.2 Å². The highest BCUT2D eigenvalue weighted by atomic mass is 19.3. The summed E-state index contributed by atoms with van der Waals surface area (Å²) in [6.45, 7) is 9.20. The monoisotopic (exact) mass is 400 g/mol. The minimum Gasteiger partial charge on any atom is -0.444 e. The van der Waals surface area contributed by atoms with Crippen LogP contribution in [-0.2, 0) is 10.7 Å². The number of ether oxygens (including phenoxy) is 1. The molecular weight excluding hydrogens is 373 g/mol. The molecule has 0 aliphatic carbocycles. The summed E-state index contributed by atoms with van der Waals surface area (Å²) in [4.78, 5) is 28.1. The smallest absolute Gasteiger partial charge is 0.410 e. The second kappa shape index (κ2) is 8.11. The lowest BCUT2D eigenvalue weighted by molar-refractivity contribution is 0.00207. The number of alkyl halides is 2. The van der Waals surface area contributed by atoms with Gasteiger partial charge in [0.15, 0.2) is 5.78 Å². The second-order valence-corrected chi connectivity index (χ2v) is 8.26. The minimum atomic E-state index is -3.31. The highest BCUT2D eigenvalue weighted by molar-refractivity contribution is 5.97. The molecule has 1 aliphatic rings. The third kappa shape index (κ3) is 5.70. The number of benzene rings is 1. The molecular formula is C20H27F3N2O3. The van der Waals surface area contributed by atoms with Gasteiger partial charge in [0.2, 0.25) is 0 Å². The molecule has 1 saturated heterocycles. The maximum Gasteiger partial charge on any atom is 0.410 e. The Morgan fingerprint density at radius 3 is 2.32 bits per heavy atom. The van der Waals surface area contributed by atoms with Crippen LogP contribution in [0, 0.1) is 5.82 Å². The first-order valence-electron chi connectivity index (χ1n) is 9.21. The molecule has 0 radical (unpaired) electrons. The molecule has 0 bridgehead atoms. The van der Waals surface area contributed by atoms with Crippen LogP contribution in [-0.4, -0.2) is 59.5 Å². The third-order valence-electron chi connectivity index (χ3n) is 4.47. The van der Waals surface area contributed by atoms with Gasteiger partial charge in [-0.3, -0.25) is 9.69 Å². The van der Waals surface area contributed by atoms with E-state index in [0.29, 0.717) is 26.6 Å². The summed E-state index contributed by atoms with van der Waals surface area (Å²) in [5, 5.41) is 0. The van der Waals surface area contributed by atoms with Gasteiger partial charge in [-0.25, -0.2) is 18.0 Å². The van der Waals surface area contributed by atoms with Crippen LogP contribution in [0.3, 0.4) is 0 Å². The topological polar surface area (TPSA) is 49.9 Å². The fraction of sp³-hybridized carbons (Fsp3) is 0.600. The van der Waals surface area contributed by atoms with Crippen LogP contribution >= 0.6 is 0 Å². The number of hydrogen-bond acceptors (Lipinski definition) is 4. The van der Waals surface area contributed by atoms with Gasteiger partial charge in [0.05, 0.1) is 12.1 Å². The molecule has 0 aromatic heterocycles. The Morgan fingerprint density at radius 2 is 1.82 bits per heavy atom. The maximum atomic E-state index is 13.9. The van der Waals surface area contributed by atoms with E-state index in [1.807, 2.05) is 11.8 Å². The van der Waals surface area contributed by atoms with Crippen LogP contribution in [0.25, 0.3) is 0 Å². The van der Waals surface area contributed by atoms with Crippen molar-refractivity contribution in [2.45, 2.75) is 52.2 Å². The number of piperazine rings is 1. The Bertz CT molecular complexity index is 741. The van der Waals surface area contributed by atoms with Crippen LogP contribution < -0.4 is 0 Å². The van der Waals surface area contributed by atoms with Crippen molar-refractivity contribution in [1.82, 2.24) is 9.80 Å². The Kier molecular flexibility index (Phi) is 6.43. The van der Waals surface area contributed by atoms with Crippen molar-refractivity contribution >= 4 is 11.9 Å². The molecule has 1 fully saturated rings. The van der Waals surface area contributed by atoms with Crippen molar-refractivity contribution in [2.75, 3.05) is 26.2 Å². The Morgan fingerprint density at radius 1 is 1.18 bits per heavy atom. The summed E-state index contributed by atoms with van der Waals surface area (Å²) in [6.07, 6.45) is -0.399. The van der Waals surface area contributed by atoms with Gasteiger partial charge in [-0.2, -0.15) is 0 Å². The van der Waals surface area contributed by atoms with Gasteiger partial charge in [0.1, 0.15) is 11.4 Å². The molecule has 8 heteroatoms. The van der Waals surface area contributed by atoms with Crippen molar-refractivity contribution in [2.24, 2.45) is 0 Å². The third-order valence-corrected chi connectivity index (χ3v) is 4.47. The molecule has 1 aromatic rings. The summed E-state index contributed by atoms with van der Waals surface area (Å²) in [5.41, 5.74) is -1.27. The van der Waals surface area contributed by atoms with E-state index in [0.717, 1.165) is 12.1 Å². The van der Waals surface area contributed by atoms with Crippen molar-refractivity contribution < 1.29 is 27.5 Å². The van der Waals surface area contributed by atoms with Gasteiger partial charge in [0.25, 0.3) is 5.92 Å². The molecule has 1 amide bonds. The molecule has 2 rings (SSSR count). The highest BCUT2D eigenvalue weighted by Gasteiger charge is 2.32. The largest absolute Gasteiger partial charge is 0.444 e.